The van der Waals surface area contributed by atoms with E-state index in [0.717, 1.165) is 30.2 Å². The second-order valence-corrected chi connectivity index (χ2v) is 5.52. The van der Waals surface area contributed by atoms with Crippen molar-refractivity contribution < 1.29 is 9.62 Å². The third kappa shape index (κ3) is 3.13. The molecule has 0 unspecified atom stereocenters. The third-order valence-electron chi connectivity index (χ3n) is 3.76. The molecule has 0 amide bonds. The fraction of sp³-hybridized carbons (Fsp3) is 0.250. The minimum Gasteiger partial charge on any atom is -0.378 e. The van der Waals surface area contributed by atoms with Crippen molar-refractivity contribution >= 4 is 22.7 Å². The van der Waals surface area contributed by atoms with Crippen LogP contribution in [-0.4, -0.2) is 36.8 Å². The van der Waals surface area contributed by atoms with Gasteiger partial charge in [-0.25, -0.2) is 0 Å². The summed E-state index contributed by atoms with van der Waals surface area (Å²) in [5.41, 5.74) is 3.10. The second kappa shape index (κ2) is 6.04. The van der Waals surface area contributed by atoms with Gasteiger partial charge >= 0.3 is 0 Å². The topological polar surface area (TPSA) is 65.0 Å². The molecule has 7 heteroatoms. The zero-order chi connectivity index (χ0) is 16.4. The van der Waals surface area contributed by atoms with Crippen molar-refractivity contribution in [2.24, 2.45) is 5.22 Å². The van der Waals surface area contributed by atoms with Gasteiger partial charge < -0.3 is 4.90 Å². The quantitative estimate of drug-likeness (QED) is 0.494. The van der Waals surface area contributed by atoms with Gasteiger partial charge in [-0.1, -0.05) is 0 Å². The summed E-state index contributed by atoms with van der Waals surface area (Å²) >= 11 is 0. The Labute approximate surface area is 134 Å². The maximum atomic E-state index is 10.7. The molecule has 0 fully saturated rings. The lowest BCUT2D eigenvalue weighted by atomic mass is 10.2. The smallest absolute Gasteiger partial charge is 0.269 e. The van der Waals surface area contributed by atoms with Gasteiger partial charge in [0.15, 0.2) is 13.1 Å². The minimum atomic E-state index is -0.399. The van der Waals surface area contributed by atoms with Crippen molar-refractivity contribution in [3.8, 4) is 0 Å². The van der Waals surface area contributed by atoms with Crippen molar-refractivity contribution in [1.29, 1.82) is 0 Å². The van der Waals surface area contributed by atoms with Crippen LogP contribution in [0.3, 0.4) is 0 Å². The van der Waals surface area contributed by atoms with Crippen LogP contribution in [0.2, 0.25) is 0 Å². The molecule has 1 heterocycles. The van der Waals surface area contributed by atoms with Crippen molar-refractivity contribution in [3.05, 3.63) is 58.6 Å². The maximum absolute atomic E-state index is 10.7. The first-order valence-corrected chi connectivity index (χ1v) is 7.33. The predicted octanol–water partition coefficient (Wildman–Crippen LogP) is 3.19. The van der Waals surface area contributed by atoms with E-state index in [2.05, 4.69) is 17.4 Å². The molecule has 0 radical (unpaired) electrons. The molecule has 1 aliphatic rings. The number of anilines is 2. The molecule has 3 rings (SSSR count). The maximum Gasteiger partial charge on any atom is 0.269 e. The zero-order valence-corrected chi connectivity index (χ0v) is 13.1. The van der Waals surface area contributed by atoms with Crippen molar-refractivity contribution in [2.75, 3.05) is 37.1 Å². The predicted molar refractivity (Wildman–Crippen MR) is 88.4 cm³/mol. The Bertz CT molecular complexity index is 738. The summed E-state index contributed by atoms with van der Waals surface area (Å²) < 4.78 is 1.85. The largest absolute Gasteiger partial charge is 0.378 e. The number of nitrogens with zero attached hydrogens (tertiary/aromatic N) is 5. The number of benzene rings is 2. The lowest BCUT2D eigenvalue weighted by molar-refractivity contribution is -0.496. The molecule has 118 valence electrons. The average Bonchev–Trinajstić information content (AvgIpc) is 3.05. The van der Waals surface area contributed by atoms with E-state index in [1.807, 2.05) is 40.8 Å². The highest BCUT2D eigenvalue weighted by Crippen LogP contribution is 2.25. The molecular formula is C16H18N5O2+. The number of hydrogen-bond donors (Lipinski definition) is 0. The zero-order valence-electron chi connectivity index (χ0n) is 13.1. The molecule has 0 aliphatic carbocycles. The van der Waals surface area contributed by atoms with Crippen molar-refractivity contribution in [1.82, 2.24) is 0 Å². The molecule has 2 aromatic rings. The van der Waals surface area contributed by atoms with E-state index < -0.39 is 4.92 Å². The highest BCUT2D eigenvalue weighted by atomic mass is 16.6. The Balaban J connectivity index is 1.78. The average molecular weight is 312 g/mol. The molecule has 0 atom stereocenters. The van der Waals surface area contributed by atoms with E-state index in [1.54, 1.807) is 12.1 Å². The second-order valence-electron chi connectivity index (χ2n) is 5.52. The summed E-state index contributed by atoms with van der Waals surface area (Å²) in [4.78, 5) is 12.4. The van der Waals surface area contributed by atoms with Crippen LogP contribution in [0.4, 0.5) is 22.7 Å². The van der Waals surface area contributed by atoms with Crippen LogP contribution in [0.5, 0.6) is 0 Å². The van der Waals surface area contributed by atoms with Gasteiger partial charge in [0.1, 0.15) is 11.4 Å². The molecule has 0 bridgehead atoms. The number of hydrogen-bond acceptors (Lipinski definition) is 5. The highest BCUT2D eigenvalue weighted by Gasteiger charge is 2.25. The van der Waals surface area contributed by atoms with Crippen molar-refractivity contribution in [2.45, 2.75) is 0 Å². The van der Waals surface area contributed by atoms with Crippen LogP contribution in [0, 0.1) is 10.1 Å². The standard InChI is InChI=1S/C16H18N5O2/c1-18(2)13-3-5-14(6-4-13)19-11-12-20(17-19)15-7-9-16(10-8-15)21(22)23/h3-10H,11-12H2,1-2H3/q+1. The van der Waals surface area contributed by atoms with Gasteiger partial charge in [0, 0.05) is 31.9 Å². The third-order valence-corrected chi connectivity index (χ3v) is 3.76. The number of non-ortho nitro benzene ring substituents is 1. The molecule has 0 spiro atoms. The highest BCUT2D eigenvalue weighted by molar-refractivity contribution is 5.55. The Kier molecular flexibility index (Phi) is 3.92. The van der Waals surface area contributed by atoms with Gasteiger partial charge in [-0.05, 0) is 36.4 Å². The molecular weight excluding hydrogens is 294 g/mol. The summed E-state index contributed by atoms with van der Waals surface area (Å²) in [7, 11) is 4.01. The van der Waals surface area contributed by atoms with E-state index in [1.165, 1.54) is 12.1 Å². The lowest BCUT2D eigenvalue weighted by Crippen LogP contribution is -2.14. The van der Waals surface area contributed by atoms with Gasteiger partial charge in [0.25, 0.3) is 5.69 Å². The summed E-state index contributed by atoms with van der Waals surface area (Å²) in [6, 6.07) is 14.6. The Morgan fingerprint density at radius 1 is 1.13 bits per heavy atom. The number of nitro groups is 1. The van der Waals surface area contributed by atoms with E-state index in [-0.39, 0.29) is 5.69 Å². The molecule has 0 N–H and O–H groups in total. The summed E-state index contributed by atoms with van der Waals surface area (Å²) in [6.45, 7) is 1.52. The van der Waals surface area contributed by atoms with Crippen LogP contribution < -0.4 is 9.91 Å². The first kappa shape index (κ1) is 15.0. The lowest BCUT2D eigenvalue weighted by Gasteiger charge is -2.12. The number of rotatable bonds is 4. The van der Waals surface area contributed by atoms with Crippen LogP contribution >= 0.6 is 0 Å². The molecule has 0 aromatic heterocycles. The van der Waals surface area contributed by atoms with E-state index in [9.17, 15) is 10.1 Å². The molecule has 0 saturated carbocycles. The fourth-order valence-electron chi connectivity index (χ4n) is 2.44. The Morgan fingerprint density at radius 2 is 1.78 bits per heavy atom. The van der Waals surface area contributed by atoms with Crippen LogP contribution in [0.15, 0.2) is 53.8 Å². The molecule has 2 aromatic carbocycles. The van der Waals surface area contributed by atoms with Gasteiger partial charge in [-0.2, -0.15) is 0 Å². The SMILES string of the molecule is CN(C)c1ccc(N2CC[N+](c3ccc([N+](=O)[O-])cc3)=N2)cc1. The summed E-state index contributed by atoms with van der Waals surface area (Å²) in [5, 5.41) is 17.2. The number of nitro benzene ring substituents is 1. The molecule has 1 aliphatic heterocycles. The Hall–Kier alpha value is -2.96. The van der Waals surface area contributed by atoms with E-state index in [4.69, 9.17) is 0 Å². The molecule has 7 nitrogen and oxygen atoms in total. The van der Waals surface area contributed by atoms with E-state index in [0.29, 0.717) is 0 Å². The van der Waals surface area contributed by atoms with Gasteiger partial charge in [-0.15, -0.1) is 9.71 Å². The fourth-order valence-corrected chi connectivity index (χ4v) is 2.44. The van der Waals surface area contributed by atoms with Crippen LogP contribution in [0.25, 0.3) is 0 Å². The summed E-state index contributed by atoms with van der Waals surface area (Å²) in [6.07, 6.45) is 0. The van der Waals surface area contributed by atoms with E-state index >= 15 is 0 Å². The first-order chi connectivity index (χ1) is 11.0. The molecule has 0 saturated heterocycles. The van der Waals surface area contributed by atoms with Gasteiger partial charge in [0.2, 0.25) is 0 Å². The Morgan fingerprint density at radius 3 is 2.35 bits per heavy atom. The monoisotopic (exact) mass is 312 g/mol. The minimum absolute atomic E-state index is 0.0871. The van der Waals surface area contributed by atoms with Crippen LogP contribution in [-0.2, 0) is 0 Å². The first-order valence-electron chi connectivity index (χ1n) is 7.33. The van der Waals surface area contributed by atoms with Crippen LogP contribution in [0.1, 0.15) is 0 Å². The molecule has 23 heavy (non-hydrogen) atoms. The van der Waals surface area contributed by atoms with Gasteiger partial charge in [0.05, 0.1) is 10.1 Å². The van der Waals surface area contributed by atoms with Gasteiger partial charge in [-0.3, -0.25) is 10.1 Å². The normalized spacial score (nSPS) is 13.8. The summed E-state index contributed by atoms with van der Waals surface area (Å²) in [5.74, 6) is 0. The van der Waals surface area contributed by atoms with Crippen molar-refractivity contribution in [3.63, 3.8) is 0 Å².